The van der Waals surface area contributed by atoms with E-state index in [4.69, 9.17) is 10.5 Å². The molecule has 1 fully saturated rings. The van der Waals surface area contributed by atoms with E-state index in [1.807, 2.05) is 0 Å². The Balaban J connectivity index is 1.68. The van der Waals surface area contributed by atoms with Gasteiger partial charge in [-0.1, -0.05) is 6.92 Å². The molecule has 37 heavy (non-hydrogen) atoms. The number of fused-ring (bicyclic) bond motifs is 3. The second-order valence-corrected chi connectivity index (χ2v) is 10.4. The van der Waals surface area contributed by atoms with E-state index in [1.165, 1.54) is 13.2 Å². The van der Waals surface area contributed by atoms with Gasteiger partial charge in [0.25, 0.3) is 0 Å². The first-order chi connectivity index (χ1) is 17.5. The Morgan fingerprint density at radius 1 is 1.27 bits per heavy atom. The molecule has 1 saturated heterocycles. The van der Waals surface area contributed by atoms with Crippen LogP contribution in [0.4, 0.5) is 0 Å². The summed E-state index contributed by atoms with van der Waals surface area (Å²) in [5.41, 5.74) is 3.89. The van der Waals surface area contributed by atoms with Crippen molar-refractivity contribution < 1.29 is 39.5 Å². The Labute approximate surface area is 214 Å². The van der Waals surface area contributed by atoms with Crippen molar-refractivity contribution in [3.8, 4) is 11.5 Å². The van der Waals surface area contributed by atoms with Crippen LogP contribution in [0, 0.1) is 11.8 Å². The van der Waals surface area contributed by atoms with Gasteiger partial charge < -0.3 is 30.9 Å². The molecule has 0 aromatic heterocycles. The van der Waals surface area contributed by atoms with Crippen LogP contribution < -0.4 is 10.5 Å². The largest absolute Gasteiger partial charge is 0.510 e. The third-order valence-corrected chi connectivity index (χ3v) is 8.67. The number of hydrogen-bond donors (Lipinski definition) is 5. The number of nitrogens with zero attached hydrogens (tertiary/aromatic N) is 1. The molecule has 4 aliphatic rings. The summed E-state index contributed by atoms with van der Waals surface area (Å²) in [7, 11) is 1.51. The molecule has 10 nitrogen and oxygen atoms in total. The number of phenolic OH excluding ortho intramolecular Hbond substituents is 1. The number of hydrogen-bond acceptors (Lipinski definition) is 10. The van der Waals surface area contributed by atoms with E-state index >= 15 is 0 Å². The van der Waals surface area contributed by atoms with Gasteiger partial charge in [0.05, 0.1) is 18.7 Å². The Hall–Kier alpha value is -3.21. The number of rotatable bonds is 4. The van der Waals surface area contributed by atoms with Gasteiger partial charge in [-0.05, 0) is 57.7 Å². The van der Waals surface area contributed by atoms with Gasteiger partial charge in [0.2, 0.25) is 5.78 Å². The molecule has 3 aliphatic carbocycles. The Morgan fingerprint density at radius 3 is 2.59 bits per heavy atom. The van der Waals surface area contributed by atoms with Gasteiger partial charge in [0, 0.05) is 28.7 Å². The molecule has 1 unspecified atom stereocenters. The first kappa shape index (κ1) is 25.4. The number of ketones is 3. The molecule has 0 amide bonds. The first-order valence-corrected chi connectivity index (χ1v) is 12.6. The molecule has 6 N–H and O–H groups in total. The molecule has 1 aromatic rings. The number of allylic oxidation sites excluding steroid dienone is 1. The number of carbonyl (C=O) groups excluding carboxylic acids is 3. The number of nitrogens with two attached hydrogens (primary N) is 1. The van der Waals surface area contributed by atoms with E-state index in [0.717, 1.165) is 38.4 Å². The lowest BCUT2D eigenvalue weighted by Crippen LogP contribution is -2.62. The minimum Gasteiger partial charge on any atom is -0.510 e. The number of methoxy groups -OCH3 is 1. The number of aliphatic hydroxyl groups is 3. The van der Waals surface area contributed by atoms with Crippen LogP contribution in [-0.4, -0.2) is 74.5 Å². The molecular formula is C27H32N2O8. The zero-order chi connectivity index (χ0) is 27.0. The average molecular weight is 513 g/mol. The summed E-state index contributed by atoms with van der Waals surface area (Å²) >= 11 is 0. The van der Waals surface area contributed by atoms with E-state index in [0.29, 0.717) is 11.3 Å². The summed E-state index contributed by atoms with van der Waals surface area (Å²) in [6.07, 6.45) is 2.04. The van der Waals surface area contributed by atoms with Gasteiger partial charge in [0.15, 0.2) is 17.2 Å². The second-order valence-electron chi connectivity index (χ2n) is 10.4. The molecule has 5 atom stereocenters. The molecule has 0 spiro atoms. The van der Waals surface area contributed by atoms with Gasteiger partial charge in [-0.25, -0.2) is 0 Å². The highest BCUT2D eigenvalue weighted by Gasteiger charge is 2.62. The van der Waals surface area contributed by atoms with Gasteiger partial charge in [0.1, 0.15) is 28.6 Å². The normalized spacial score (nSPS) is 31.8. The van der Waals surface area contributed by atoms with E-state index in [2.05, 4.69) is 11.8 Å². The molecule has 0 radical (unpaired) electrons. The second kappa shape index (κ2) is 8.68. The van der Waals surface area contributed by atoms with Crippen molar-refractivity contribution in [2.24, 2.45) is 17.6 Å². The monoisotopic (exact) mass is 512 g/mol. The van der Waals surface area contributed by atoms with Gasteiger partial charge in [-0.2, -0.15) is 0 Å². The first-order valence-electron chi connectivity index (χ1n) is 12.6. The Morgan fingerprint density at radius 2 is 1.97 bits per heavy atom. The van der Waals surface area contributed by atoms with Crippen molar-refractivity contribution in [3.63, 3.8) is 0 Å². The highest BCUT2D eigenvalue weighted by molar-refractivity contribution is 6.25. The summed E-state index contributed by atoms with van der Waals surface area (Å²) < 4.78 is 5.80. The fourth-order valence-corrected chi connectivity index (χ4v) is 6.94. The smallest absolute Gasteiger partial charge is 0.209 e. The van der Waals surface area contributed by atoms with Gasteiger partial charge in [-0.15, -0.1) is 0 Å². The Bertz CT molecular complexity index is 1300. The number of benzene rings is 1. The highest BCUT2D eigenvalue weighted by Crippen LogP contribution is 2.53. The number of aromatic hydroxyl groups is 1. The van der Waals surface area contributed by atoms with E-state index < -0.39 is 57.9 Å². The summed E-state index contributed by atoms with van der Waals surface area (Å²) in [6, 6.07) is 0.243. The molecule has 10 heteroatoms. The fourth-order valence-electron chi connectivity index (χ4n) is 6.94. The molecule has 5 rings (SSSR count). The molecule has 0 saturated carbocycles. The van der Waals surface area contributed by atoms with E-state index in [1.54, 1.807) is 0 Å². The fraction of sp³-hybridized carbons (Fsp3) is 0.519. The molecule has 1 aliphatic heterocycles. The lowest BCUT2D eigenvalue weighted by atomic mass is 9.58. The molecular weight excluding hydrogens is 480 g/mol. The maximum atomic E-state index is 13.8. The predicted molar refractivity (Wildman–Crippen MR) is 131 cm³/mol. The van der Waals surface area contributed by atoms with Crippen LogP contribution in [0.1, 0.15) is 60.6 Å². The number of carbonyl (C=O) groups is 3. The quantitative estimate of drug-likeness (QED) is 0.375. The zero-order valence-corrected chi connectivity index (χ0v) is 21.1. The van der Waals surface area contributed by atoms with Crippen LogP contribution in [0.5, 0.6) is 11.5 Å². The molecule has 1 aromatic carbocycles. The van der Waals surface area contributed by atoms with Crippen LogP contribution in [0.3, 0.4) is 0 Å². The maximum absolute atomic E-state index is 13.8. The van der Waals surface area contributed by atoms with E-state index in [-0.39, 0.29) is 35.8 Å². The minimum atomic E-state index is -2.64. The predicted octanol–water partition coefficient (Wildman–Crippen LogP) is 1.79. The zero-order valence-electron chi connectivity index (χ0n) is 21.1. The third kappa shape index (κ3) is 3.32. The number of phenols is 1. The van der Waals surface area contributed by atoms with Crippen LogP contribution in [-0.2, 0) is 16.0 Å². The van der Waals surface area contributed by atoms with Crippen molar-refractivity contribution >= 4 is 17.3 Å². The summed E-state index contributed by atoms with van der Waals surface area (Å²) in [6.45, 7) is 4.84. The van der Waals surface area contributed by atoms with Crippen LogP contribution >= 0.6 is 0 Å². The van der Waals surface area contributed by atoms with Crippen LogP contribution in [0.25, 0.3) is 0 Å². The number of Topliss-reactive ketones (excluding diaryl/α,β-unsaturated/α-hetero) is 3. The summed E-state index contributed by atoms with van der Waals surface area (Å²) in [4.78, 5) is 41.3. The SMILES string of the molecule is CCN1CCCC1c1cc(O)c2c(c1OC)C[C@H]1C[C@H]3[C@H](N)C(O)=C(C(C)=O)C(=O)[C@@]3(O)C(O)=C1C2=O. The van der Waals surface area contributed by atoms with Crippen molar-refractivity contribution in [3.05, 3.63) is 45.4 Å². The van der Waals surface area contributed by atoms with Gasteiger partial charge in [-0.3, -0.25) is 19.3 Å². The number of ether oxygens (including phenoxy) is 1. The average Bonchev–Trinajstić information content (AvgIpc) is 3.33. The van der Waals surface area contributed by atoms with E-state index in [9.17, 15) is 34.8 Å². The molecule has 0 bridgehead atoms. The minimum absolute atomic E-state index is 0.0120. The lowest BCUT2D eigenvalue weighted by molar-refractivity contribution is -0.145. The van der Waals surface area contributed by atoms with Gasteiger partial charge >= 0.3 is 0 Å². The number of likely N-dealkylation sites (tertiary alicyclic amines) is 1. The number of aliphatic hydroxyl groups excluding tert-OH is 2. The lowest BCUT2D eigenvalue weighted by Gasteiger charge is -2.48. The standard InChI is InChI=1S/C27H32N2O8/c1-4-29-7-5-6-16(29)13-10-17(31)20-14(24(13)37-3)8-12-9-15-21(28)23(33)18(11(2)30)25(34)27(15,36)26(35)19(12)22(20)32/h10,12,15-16,21,31,33,35-36H,4-9,28H2,1-3H3/t12-,15-,16?,21-,27+/m0/s1. The van der Waals surface area contributed by atoms with Crippen molar-refractivity contribution in [1.29, 1.82) is 0 Å². The van der Waals surface area contributed by atoms with Crippen LogP contribution in [0.15, 0.2) is 28.7 Å². The maximum Gasteiger partial charge on any atom is 0.209 e. The summed E-state index contributed by atoms with van der Waals surface area (Å²) in [5, 5.41) is 44.3. The molecule has 1 heterocycles. The summed E-state index contributed by atoms with van der Waals surface area (Å²) in [5.74, 6) is -5.84. The third-order valence-electron chi connectivity index (χ3n) is 8.67. The Kier molecular flexibility index (Phi) is 5.97. The van der Waals surface area contributed by atoms with Crippen molar-refractivity contribution in [2.45, 2.75) is 57.2 Å². The van der Waals surface area contributed by atoms with Crippen molar-refractivity contribution in [2.75, 3.05) is 20.2 Å². The van der Waals surface area contributed by atoms with Crippen molar-refractivity contribution in [1.82, 2.24) is 4.90 Å². The topological polar surface area (TPSA) is 171 Å². The molecule has 198 valence electrons. The van der Waals surface area contributed by atoms with Crippen LogP contribution in [0.2, 0.25) is 0 Å². The highest BCUT2D eigenvalue weighted by atomic mass is 16.5.